The first kappa shape index (κ1) is 16.8. The minimum atomic E-state index is -4.87. The molecule has 1 amide bonds. The molecule has 2 rings (SSSR count). The van der Waals surface area contributed by atoms with E-state index < -0.39 is 18.1 Å². The van der Waals surface area contributed by atoms with E-state index in [0.717, 1.165) is 10.7 Å². The molecule has 126 valence electrons. The molecule has 0 unspecified atom stereocenters. The molecule has 0 spiro atoms. The second kappa shape index (κ2) is 5.60. The number of nitrogens with one attached hydrogen (secondary N) is 1. The van der Waals surface area contributed by atoms with Crippen molar-refractivity contribution in [2.24, 2.45) is 7.05 Å². The Kier molecular flexibility index (Phi) is 4.10. The highest BCUT2D eigenvalue weighted by atomic mass is 19.4. The lowest BCUT2D eigenvalue weighted by atomic mass is 10.1. The molecule has 0 aromatic carbocycles. The third-order valence-corrected chi connectivity index (χ3v) is 2.83. The average molecular weight is 331 g/mol. The van der Waals surface area contributed by atoms with Gasteiger partial charge in [0.15, 0.2) is 0 Å². The molecule has 0 aliphatic heterocycles. The summed E-state index contributed by atoms with van der Waals surface area (Å²) in [4.78, 5) is 12.2. The number of aromatic nitrogens is 4. The van der Waals surface area contributed by atoms with Crippen LogP contribution in [0.25, 0.3) is 0 Å². The van der Waals surface area contributed by atoms with Crippen LogP contribution in [0, 0.1) is 0 Å². The van der Waals surface area contributed by atoms with Crippen LogP contribution in [0.5, 0.6) is 5.88 Å². The van der Waals surface area contributed by atoms with Gasteiger partial charge >= 0.3 is 6.36 Å². The zero-order valence-electron chi connectivity index (χ0n) is 13.0. The molecule has 0 aliphatic rings. The van der Waals surface area contributed by atoms with Gasteiger partial charge in [0, 0.05) is 19.2 Å². The Morgan fingerprint density at radius 3 is 2.52 bits per heavy atom. The molecule has 2 aromatic rings. The maximum absolute atomic E-state index is 12.2. The molecule has 2 heterocycles. The third-order valence-electron chi connectivity index (χ3n) is 2.83. The summed E-state index contributed by atoms with van der Waals surface area (Å²) >= 11 is 0. The van der Waals surface area contributed by atoms with Crippen LogP contribution in [0.4, 0.5) is 19.0 Å². The number of alkyl halides is 3. The van der Waals surface area contributed by atoms with Gasteiger partial charge in [0.05, 0.1) is 11.7 Å². The molecule has 0 radical (unpaired) electrons. The second-order valence-corrected chi connectivity index (χ2v) is 5.79. The number of hydrogen-bond acceptors (Lipinski definition) is 4. The molecule has 2 aromatic heterocycles. The van der Waals surface area contributed by atoms with Gasteiger partial charge in [-0.15, -0.1) is 18.3 Å². The summed E-state index contributed by atoms with van der Waals surface area (Å²) in [6.07, 6.45) is -3.35. The maximum Gasteiger partial charge on any atom is 0.574 e. The fourth-order valence-electron chi connectivity index (χ4n) is 1.93. The van der Waals surface area contributed by atoms with Gasteiger partial charge in [-0.1, -0.05) is 0 Å². The molecular weight excluding hydrogens is 315 g/mol. The third kappa shape index (κ3) is 4.02. The van der Waals surface area contributed by atoms with Gasteiger partial charge in [0.1, 0.15) is 11.5 Å². The van der Waals surface area contributed by atoms with Crippen LogP contribution in [0.15, 0.2) is 18.3 Å². The lowest BCUT2D eigenvalue weighted by Crippen LogP contribution is -2.27. The first-order valence-electron chi connectivity index (χ1n) is 6.63. The number of anilines is 1. The predicted octanol–water partition coefficient (Wildman–Crippen LogP) is 2.52. The van der Waals surface area contributed by atoms with Crippen LogP contribution in [0.1, 0.15) is 31.3 Å². The number of halogens is 3. The highest BCUT2D eigenvalue weighted by Gasteiger charge is 2.33. The summed E-state index contributed by atoms with van der Waals surface area (Å²) in [6.45, 7) is 5.69. The summed E-state index contributed by atoms with van der Waals surface area (Å²) in [5, 5.41) is 10.2. The SMILES string of the molecule is Cn1nc(OC(F)(F)F)cc1C(=O)Nc1ccnn1C(C)(C)C. The van der Waals surface area contributed by atoms with Gasteiger partial charge in [-0.05, 0) is 20.8 Å². The number of carbonyl (C=O) groups excluding carboxylic acids is 1. The largest absolute Gasteiger partial charge is 0.574 e. The van der Waals surface area contributed by atoms with E-state index in [4.69, 9.17) is 0 Å². The van der Waals surface area contributed by atoms with Crippen molar-refractivity contribution in [1.82, 2.24) is 19.6 Å². The number of amides is 1. The quantitative estimate of drug-likeness (QED) is 0.938. The fourth-order valence-corrected chi connectivity index (χ4v) is 1.93. The Bertz CT molecular complexity index is 712. The molecule has 1 N–H and O–H groups in total. The molecule has 10 heteroatoms. The van der Waals surface area contributed by atoms with E-state index in [2.05, 4.69) is 20.3 Å². The number of rotatable bonds is 3. The molecule has 0 saturated carbocycles. The van der Waals surface area contributed by atoms with Crippen molar-refractivity contribution in [2.45, 2.75) is 32.7 Å². The van der Waals surface area contributed by atoms with E-state index in [9.17, 15) is 18.0 Å². The molecule has 23 heavy (non-hydrogen) atoms. The molecular formula is C13H16F3N5O2. The second-order valence-electron chi connectivity index (χ2n) is 5.79. The first-order chi connectivity index (χ1) is 10.5. The first-order valence-corrected chi connectivity index (χ1v) is 6.63. The normalized spacial score (nSPS) is 12.3. The summed E-state index contributed by atoms with van der Waals surface area (Å²) < 4.78 is 42.9. The van der Waals surface area contributed by atoms with Gasteiger partial charge < -0.3 is 10.1 Å². The van der Waals surface area contributed by atoms with Crippen molar-refractivity contribution in [2.75, 3.05) is 5.32 Å². The number of aryl methyl sites for hydroxylation is 1. The van der Waals surface area contributed by atoms with Crippen molar-refractivity contribution in [3.8, 4) is 5.88 Å². The van der Waals surface area contributed by atoms with Crippen LogP contribution in [-0.2, 0) is 12.6 Å². The minimum Gasteiger partial charge on any atom is -0.386 e. The number of nitrogens with zero attached hydrogens (tertiary/aromatic N) is 4. The van der Waals surface area contributed by atoms with Crippen LogP contribution >= 0.6 is 0 Å². The van der Waals surface area contributed by atoms with E-state index in [1.165, 1.54) is 13.2 Å². The summed E-state index contributed by atoms with van der Waals surface area (Å²) in [5.41, 5.74) is -0.450. The number of ether oxygens (including phenoxy) is 1. The Balaban J connectivity index is 2.21. The summed E-state index contributed by atoms with van der Waals surface area (Å²) in [6, 6.07) is 2.51. The standard InChI is InChI=1S/C13H16F3N5O2/c1-12(2,3)21-9(5-6-17-21)18-11(22)8-7-10(19-20(8)4)23-13(14,15)16/h5-7H,1-4H3,(H,18,22). The predicted molar refractivity (Wildman–Crippen MR) is 75.1 cm³/mol. The summed E-state index contributed by atoms with van der Waals surface area (Å²) in [5.74, 6) is -0.903. The van der Waals surface area contributed by atoms with E-state index in [1.54, 1.807) is 10.7 Å². The van der Waals surface area contributed by atoms with Gasteiger partial charge in [0.25, 0.3) is 5.91 Å². The molecule has 0 fully saturated rings. The average Bonchev–Trinajstić information content (AvgIpc) is 2.93. The molecule has 0 atom stereocenters. The van der Waals surface area contributed by atoms with E-state index in [0.29, 0.717) is 5.82 Å². The van der Waals surface area contributed by atoms with Crippen molar-refractivity contribution in [1.29, 1.82) is 0 Å². The highest BCUT2D eigenvalue weighted by molar-refractivity contribution is 6.02. The van der Waals surface area contributed by atoms with Gasteiger partial charge in [-0.2, -0.15) is 5.10 Å². The Morgan fingerprint density at radius 2 is 1.96 bits per heavy atom. The fraction of sp³-hybridized carbons (Fsp3) is 0.462. The topological polar surface area (TPSA) is 74.0 Å². The molecule has 0 saturated heterocycles. The van der Waals surface area contributed by atoms with Gasteiger partial charge in [-0.25, -0.2) is 4.68 Å². The van der Waals surface area contributed by atoms with E-state index >= 15 is 0 Å². The Morgan fingerprint density at radius 1 is 1.30 bits per heavy atom. The lowest BCUT2D eigenvalue weighted by Gasteiger charge is -2.22. The van der Waals surface area contributed by atoms with Gasteiger partial charge in [0.2, 0.25) is 5.88 Å². The van der Waals surface area contributed by atoms with Crippen LogP contribution in [0.3, 0.4) is 0 Å². The summed E-state index contributed by atoms with van der Waals surface area (Å²) in [7, 11) is 1.35. The van der Waals surface area contributed by atoms with Crippen molar-refractivity contribution >= 4 is 11.7 Å². The molecule has 0 aliphatic carbocycles. The van der Waals surface area contributed by atoms with E-state index in [1.807, 2.05) is 20.8 Å². The van der Waals surface area contributed by atoms with Crippen molar-refractivity contribution in [3.05, 3.63) is 24.0 Å². The van der Waals surface area contributed by atoms with Gasteiger partial charge in [-0.3, -0.25) is 9.48 Å². The number of carbonyl (C=O) groups is 1. The van der Waals surface area contributed by atoms with Crippen molar-refractivity contribution in [3.63, 3.8) is 0 Å². The number of hydrogen-bond donors (Lipinski definition) is 1. The van der Waals surface area contributed by atoms with Crippen molar-refractivity contribution < 1.29 is 22.7 Å². The highest BCUT2D eigenvalue weighted by Crippen LogP contribution is 2.23. The lowest BCUT2D eigenvalue weighted by molar-refractivity contribution is -0.276. The zero-order chi connectivity index (χ0) is 17.4. The minimum absolute atomic E-state index is 0.0779. The molecule has 0 bridgehead atoms. The smallest absolute Gasteiger partial charge is 0.386 e. The molecule has 7 nitrogen and oxygen atoms in total. The van der Waals surface area contributed by atoms with Crippen LogP contribution in [0.2, 0.25) is 0 Å². The Labute approximate surface area is 130 Å². The maximum atomic E-state index is 12.2. The van der Waals surface area contributed by atoms with Crippen LogP contribution in [-0.4, -0.2) is 31.8 Å². The Hall–Kier alpha value is -2.52. The van der Waals surface area contributed by atoms with Crippen LogP contribution < -0.4 is 10.1 Å². The van der Waals surface area contributed by atoms with E-state index in [-0.39, 0.29) is 11.2 Å². The monoisotopic (exact) mass is 331 g/mol. The zero-order valence-corrected chi connectivity index (χ0v) is 13.0.